The van der Waals surface area contributed by atoms with Gasteiger partial charge in [0.05, 0.1) is 17.1 Å². The summed E-state index contributed by atoms with van der Waals surface area (Å²) in [6.07, 6.45) is 1.76. The number of hydrogen-bond donors (Lipinski definition) is 0. The van der Waals surface area contributed by atoms with Crippen molar-refractivity contribution in [3.05, 3.63) is 117 Å². The van der Waals surface area contributed by atoms with Crippen LogP contribution in [0, 0.1) is 27.7 Å². The second-order valence-electron chi connectivity index (χ2n) is 8.56. The molecule has 0 saturated heterocycles. The Morgan fingerprint density at radius 1 is 0.853 bits per heavy atom. The maximum Gasteiger partial charge on any atom is 0.282 e. The maximum absolute atomic E-state index is 13.4. The van der Waals surface area contributed by atoms with Gasteiger partial charge in [0.15, 0.2) is 5.82 Å². The molecular weight excluding hydrogens is 420 g/mol. The lowest BCUT2D eigenvalue weighted by Crippen LogP contribution is -2.20. The molecule has 2 heterocycles. The zero-order chi connectivity index (χ0) is 23.8. The van der Waals surface area contributed by atoms with E-state index in [0.717, 1.165) is 28.2 Å². The Morgan fingerprint density at radius 3 is 2.38 bits per heavy atom. The molecule has 0 atom stereocenters. The van der Waals surface area contributed by atoms with Crippen LogP contribution in [0.1, 0.15) is 28.1 Å². The second-order valence-corrected chi connectivity index (χ2v) is 8.56. The van der Waals surface area contributed by atoms with E-state index in [0.29, 0.717) is 16.7 Å². The van der Waals surface area contributed by atoms with Crippen molar-refractivity contribution in [3.63, 3.8) is 0 Å². The minimum atomic E-state index is -0.191. The lowest BCUT2D eigenvalue weighted by molar-refractivity contribution is 0.829. The monoisotopic (exact) mass is 446 g/mol. The maximum atomic E-state index is 13.4. The van der Waals surface area contributed by atoms with Gasteiger partial charge in [-0.2, -0.15) is 9.78 Å². The van der Waals surface area contributed by atoms with E-state index in [2.05, 4.69) is 61.6 Å². The average Bonchev–Trinajstić information content (AvgIpc) is 3.13. The number of para-hydroxylation sites is 1. The Hall–Kier alpha value is -4.25. The van der Waals surface area contributed by atoms with Crippen LogP contribution in [0.3, 0.4) is 0 Å². The van der Waals surface area contributed by atoms with Crippen LogP contribution < -0.4 is 5.56 Å². The highest BCUT2D eigenvalue weighted by Crippen LogP contribution is 2.24. The molecule has 0 amide bonds. The highest BCUT2D eigenvalue weighted by molar-refractivity contribution is 5.83. The average molecular weight is 447 g/mol. The van der Waals surface area contributed by atoms with Gasteiger partial charge in [0.1, 0.15) is 0 Å². The van der Waals surface area contributed by atoms with Crippen molar-refractivity contribution in [2.24, 2.45) is 5.10 Å². The van der Waals surface area contributed by atoms with Gasteiger partial charge in [-0.05, 0) is 63.1 Å². The third kappa shape index (κ3) is 3.65. The van der Waals surface area contributed by atoms with Crippen LogP contribution in [-0.4, -0.2) is 20.4 Å². The standard InChI is InChI=1S/C29H26N4O/c1-19-11-10-16-27(21(19)3)32-20(2)17-24(22(32)4)18-30-33-28(23-12-6-5-7-13-23)31-26-15-9-8-14-25(26)29(33)34/h5-18H,1-4H3. The van der Waals surface area contributed by atoms with Crippen molar-refractivity contribution in [1.82, 2.24) is 14.2 Å². The quantitative estimate of drug-likeness (QED) is 0.319. The first-order valence-corrected chi connectivity index (χ1v) is 11.3. The Labute approximate surface area is 198 Å². The van der Waals surface area contributed by atoms with Crippen LogP contribution in [0.25, 0.3) is 28.0 Å². The Kier molecular flexibility index (Phi) is 5.46. The molecule has 5 rings (SSSR count). The molecule has 2 aromatic heterocycles. The van der Waals surface area contributed by atoms with Crippen LogP contribution in [0.4, 0.5) is 0 Å². The summed E-state index contributed by atoms with van der Waals surface area (Å²) < 4.78 is 3.64. The summed E-state index contributed by atoms with van der Waals surface area (Å²) in [4.78, 5) is 18.2. The van der Waals surface area contributed by atoms with Crippen LogP contribution in [0.2, 0.25) is 0 Å². The third-order valence-electron chi connectivity index (χ3n) is 6.39. The van der Waals surface area contributed by atoms with Crippen molar-refractivity contribution in [1.29, 1.82) is 0 Å². The van der Waals surface area contributed by atoms with Crippen LogP contribution in [0.5, 0.6) is 0 Å². The predicted molar refractivity (Wildman–Crippen MR) is 139 cm³/mol. The fourth-order valence-corrected chi connectivity index (χ4v) is 4.39. The van der Waals surface area contributed by atoms with Crippen molar-refractivity contribution < 1.29 is 0 Å². The molecular formula is C29H26N4O. The topological polar surface area (TPSA) is 52.2 Å². The van der Waals surface area contributed by atoms with E-state index in [4.69, 9.17) is 4.98 Å². The number of hydrogen-bond acceptors (Lipinski definition) is 3. The molecule has 0 saturated carbocycles. The van der Waals surface area contributed by atoms with Gasteiger partial charge < -0.3 is 4.57 Å². The van der Waals surface area contributed by atoms with Gasteiger partial charge >= 0.3 is 0 Å². The first kappa shape index (κ1) is 21.6. The van der Waals surface area contributed by atoms with Gasteiger partial charge in [-0.25, -0.2) is 4.98 Å². The smallest absolute Gasteiger partial charge is 0.282 e. The van der Waals surface area contributed by atoms with Crippen LogP contribution in [-0.2, 0) is 0 Å². The molecule has 34 heavy (non-hydrogen) atoms. The summed E-state index contributed by atoms with van der Waals surface area (Å²) in [5.41, 5.74) is 8.09. The normalized spacial score (nSPS) is 11.5. The van der Waals surface area contributed by atoms with E-state index in [-0.39, 0.29) is 5.56 Å². The van der Waals surface area contributed by atoms with Gasteiger partial charge in [0.25, 0.3) is 5.56 Å². The van der Waals surface area contributed by atoms with E-state index >= 15 is 0 Å². The summed E-state index contributed by atoms with van der Waals surface area (Å²) >= 11 is 0. The molecule has 5 aromatic rings. The minimum Gasteiger partial charge on any atom is -0.318 e. The second kappa shape index (κ2) is 8.60. The largest absolute Gasteiger partial charge is 0.318 e. The number of rotatable bonds is 4. The molecule has 0 unspecified atom stereocenters. The summed E-state index contributed by atoms with van der Waals surface area (Å²) in [5.74, 6) is 0.517. The fraction of sp³-hybridized carbons (Fsp3) is 0.138. The molecule has 3 aromatic carbocycles. The first-order chi connectivity index (χ1) is 16.5. The molecule has 0 bridgehead atoms. The molecule has 5 heteroatoms. The van der Waals surface area contributed by atoms with E-state index in [1.54, 1.807) is 12.3 Å². The number of nitrogens with zero attached hydrogens (tertiary/aromatic N) is 4. The highest BCUT2D eigenvalue weighted by atomic mass is 16.1. The van der Waals surface area contributed by atoms with E-state index in [1.807, 2.05) is 48.5 Å². The van der Waals surface area contributed by atoms with E-state index in [1.165, 1.54) is 15.8 Å². The number of benzene rings is 3. The molecule has 168 valence electrons. The van der Waals surface area contributed by atoms with Crippen molar-refractivity contribution in [3.8, 4) is 17.1 Å². The summed E-state index contributed by atoms with van der Waals surface area (Å²) in [6.45, 7) is 8.43. The Bertz CT molecular complexity index is 1610. The Balaban J connectivity index is 1.67. The summed E-state index contributed by atoms with van der Waals surface area (Å²) in [6, 6.07) is 25.5. The van der Waals surface area contributed by atoms with E-state index in [9.17, 15) is 4.79 Å². The predicted octanol–water partition coefficient (Wildman–Crippen LogP) is 5.97. The molecule has 0 N–H and O–H groups in total. The number of fused-ring (bicyclic) bond motifs is 1. The van der Waals surface area contributed by atoms with Crippen LogP contribution >= 0.6 is 0 Å². The first-order valence-electron chi connectivity index (χ1n) is 11.3. The van der Waals surface area contributed by atoms with Crippen molar-refractivity contribution in [2.75, 3.05) is 0 Å². The number of aromatic nitrogens is 3. The lowest BCUT2D eigenvalue weighted by atomic mass is 10.1. The molecule has 0 radical (unpaired) electrons. The van der Waals surface area contributed by atoms with Gasteiger partial charge in [-0.1, -0.05) is 54.6 Å². The minimum absolute atomic E-state index is 0.191. The molecule has 0 aliphatic heterocycles. The molecule has 5 nitrogen and oxygen atoms in total. The Morgan fingerprint density at radius 2 is 1.59 bits per heavy atom. The van der Waals surface area contributed by atoms with Crippen LogP contribution in [0.15, 0.2) is 88.8 Å². The van der Waals surface area contributed by atoms with Gasteiger partial charge in [-0.3, -0.25) is 4.79 Å². The molecule has 0 aliphatic carbocycles. The van der Waals surface area contributed by atoms with Gasteiger partial charge in [0.2, 0.25) is 0 Å². The summed E-state index contributed by atoms with van der Waals surface area (Å²) in [7, 11) is 0. The van der Waals surface area contributed by atoms with E-state index < -0.39 is 0 Å². The zero-order valence-electron chi connectivity index (χ0n) is 19.8. The zero-order valence-corrected chi connectivity index (χ0v) is 19.8. The van der Waals surface area contributed by atoms with Crippen molar-refractivity contribution in [2.45, 2.75) is 27.7 Å². The van der Waals surface area contributed by atoms with Gasteiger partial charge in [0, 0.05) is 28.2 Å². The van der Waals surface area contributed by atoms with Gasteiger partial charge in [-0.15, -0.1) is 0 Å². The molecule has 0 fully saturated rings. The SMILES string of the molecule is Cc1cccc(-n2c(C)cc(C=Nn3c(-c4ccccc4)nc4ccccc4c3=O)c2C)c1C. The van der Waals surface area contributed by atoms with Crippen molar-refractivity contribution >= 4 is 17.1 Å². The summed E-state index contributed by atoms with van der Waals surface area (Å²) in [5, 5.41) is 5.20. The molecule has 0 aliphatic rings. The third-order valence-corrected chi connectivity index (χ3v) is 6.39. The fourth-order valence-electron chi connectivity index (χ4n) is 4.39. The molecule has 0 spiro atoms. The lowest BCUT2D eigenvalue weighted by Gasteiger charge is -2.14. The highest BCUT2D eigenvalue weighted by Gasteiger charge is 2.14. The number of aryl methyl sites for hydroxylation is 2.